The highest BCUT2D eigenvalue weighted by molar-refractivity contribution is 7.87. The van der Waals surface area contributed by atoms with Crippen LogP contribution in [-0.2, 0) is 16.8 Å². The molecule has 0 aromatic heterocycles. The van der Waals surface area contributed by atoms with Crippen molar-refractivity contribution in [1.29, 1.82) is 0 Å². The van der Waals surface area contributed by atoms with Crippen LogP contribution in [0.25, 0.3) is 0 Å². The molecular formula is C9H9F3N2O2S. The minimum Gasteiger partial charge on any atom is -0.207 e. The Labute approximate surface area is 96.2 Å². The quantitative estimate of drug-likeness (QED) is 0.859. The summed E-state index contributed by atoms with van der Waals surface area (Å²) >= 11 is 0. The van der Waals surface area contributed by atoms with Crippen LogP contribution in [0.2, 0.25) is 0 Å². The summed E-state index contributed by atoms with van der Waals surface area (Å²) in [5.41, 5.74) is -0.460. The van der Waals surface area contributed by atoms with Gasteiger partial charge in [-0.2, -0.15) is 12.7 Å². The molecule has 2 rings (SSSR count). The van der Waals surface area contributed by atoms with Crippen molar-refractivity contribution in [2.24, 2.45) is 0 Å². The second-order valence-corrected chi connectivity index (χ2v) is 5.34. The molecule has 0 spiro atoms. The van der Waals surface area contributed by atoms with E-state index in [1.54, 1.807) is 0 Å². The van der Waals surface area contributed by atoms with Crippen LogP contribution in [0.15, 0.2) is 12.1 Å². The Hall–Kier alpha value is -1.12. The summed E-state index contributed by atoms with van der Waals surface area (Å²) in [7, 11) is -3.67. The van der Waals surface area contributed by atoms with E-state index in [1.165, 1.54) is 0 Å². The van der Waals surface area contributed by atoms with E-state index < -0.39 is 39.8 Å². The molecule has 0 aliphatic carbocycles. The molecular weight excluding hydrogens is 257 g/mol. The first-order valence-corrected chi connectivity index (χ1v) is 6.22. The zero-order valence-electron chi connectivity index (χ0n) is 8.58. The fourth-order valence-electron chi connectivity index (χ4n) is 1.57. The molecule has 1 saturated heterocycles. The van der Waals surface area contributed by atoms with E-state index in [0.29, 0.717) is 12.1 Å². The van der Waals surface area contributed by atoms with Crippen molar-refractivity contribution in [3.63, 3.8) is 0 Å². The van der Waals surface area contributed by atoms with Crippen LogP contribution in [0.1, 0.15) is 5.56 Å². The molecule has 0 unspecified atom stereocenters. The number of nitrogens with zero attached hydrogens (tertiary/aromatic N) is 1. The summed E-state index contributed by atoms with van der Waals surface area (Å²) in [5.74, 6) is -3.22. The number of hydrogen-bond donors (Lipinski definition) is 1. The summed E-state index contributed by atoms with van der Waals surface area (Å²) in [6.07, 6.45) is 0. The van der Waals surface area contributed by atoms with E-state index in [1.807, 2.05) is 0 Å². The monoisotopic (exact) mass is 266 g/mol. The van der Waals surface area contributed by atoms with E-state index in [0.717, 1.165) is 4.31 Å². The van der Waals surface area contributed by atoms with Gasteiger partial charge in [-0.1, -0.05) is 0 Å². The summed E-state index contributed by atoms with van der Waals surface area (Å²) in [5, 5.41) is 0. The number of halogens is 3. The van der Waals surface area contributed by atoms with Crippen molar-refractivity contribution < 1.29 is 21.6 Å². The van der Waals surface area contributed by atoms with Gasteiger partial charge in [0.15, 0.2) is 0 Å². The highest BCUT2D eigenvalue weighted by atomic mass is 32.2. The van der Waals surface area contributed by atoms with E-state index >= 15 is 0 Å². The summed E-state index contributed by atoms with van der Waals surface area (Å²) in [6.45, 7) is -0.140. The van der Waals surface area contributed by atoms with Crippen molar-refractivity contribution in [2.45, 2.75) is 6.54 Å². The molecule has 1 aliphatic heterocycles. The summed E-state index contributed by atoms with van der Waals surface area (Å²) in [4.78, 5) is 0. The van der Waals surface area contributed by atoms with E-state index in [4.69, 9.17) is 0 Å². The van der Waals surface area contributed by atoms with Crippen LogP contribution < -0.4 is 4.72 Å². The van der Waals surface area contributed by atoms with Crippen molar-refractivity contribution >= 4 is 10.2 Å². The third-order valence-electron chi connectivity index (χ3n) is 2.43. The summed E-state index contributed by atoms with van der Waals surface area (Å²) in [6, 6.07) is 1.04. The van der Waals surface area contributed by atoms with Crippen molar-refractivity contribution in [3.8, 4) is 0 Å². The maximum absolute atomic E-state index is 13.3. The largest absolute Gasteiger partial charge is 0.279 e. The van der Waals surface area contributed by atoms with Gasteiger partial charge in [-0.3, -0.25) is 0 Å². The molecule has 0 amide bonds. The first-order valence-electron chi connectivity index (χ1n) is 4.78. The average Bonchev–Trinajstić information content (AvgIpc) is 2.51. The molecule has 94 valence electrons. The summed E-state index contributed by atoms with van der Waals surface area (Å²) < 4.78 is 65.0. The molecule has 0 bridgehead atoms. The fraction of sp³-hybridized carbons (Fsp3) is 0.333. The number of rotatable bonds is 2. The molecule has 1 heterocycles. The zero-order valence-corrected chi connectivity index (χ0v) is 9.40. The van der Waals surface area contributed by atoms with E-state index in [9.17, 15) is 21.6 Å². The maximum Gasteiger partial charge on any atom is 0.279 e. The van der Waals surface area contributed by atoms with Gasteiger partial charge in [0.05, 0.1) is 0 Å². The molecule has 17 heavy (non-hydrogen) atoms. The smallest absolute Gasteiger partial charge is 0.207 e. The van der Waals surface area contributed by atoms with Gasteiger partial charge >= 0.3 is 0 Å². The molecule has 1 aromatic carbocycles. The molecule has 0 saturated carbocycles. The first kappa shape index (κ1) is 12.3. The van der Waals surface area contributed by atoms with Gasteiger partial charge in [-0.25, -0.2) is 17.9 Å². The number of nitrogens with one attached hydrogen (secondary N) is 1. The molecule has 8 heteroatoms. The van der Waals surface area contributed by atoms with E-state index in [-0.39, 0.29) is 13.1 Å². The normalized spacial score (nSPS) is 19.7. The highest BCUT2D eigenvalue weighted by Crippen LogP contribution is 2.19. The number of benzene rings is 1. The molecule has 1 aromatic rings. The van der Waals surface area contributed by atoms with Crippen LogP contribution in [0.4, 0.5) is 13.2 Å². The maximum atomic E-state index is 13.3. The second-order valence-electron chi connectivity index (χ2n) is 3.58. The lowest BCUT2D eigenvalue weighted by Gasteiger charge is -2.14. The second kappa shape index (κ2) is 4.28. The Balaban J connectivity index is 2.31. The average molecular weight is 266 g/mol. The van der Waals surface area contributed by atoms with Gasteiger partial charge in [0.2, 0.25) is 0 Å². The van der Waals surface area contributed by atoms with Gasteiger partial charge in [0.1, 0.15) is 17.5 Å². The number of hydrogen-bond acceptors (Lipinski definition) is 2. The molecule has 0 atom stereocenters. The first-order chi connectivity index (χ1) is 7.90. The van der Waals surface area contributed by atoms with Crippen LogP contribution in [0.5, 0.6) is 0 Å². The third kappa shape index (κ3) is 2.43. The van der Waals surface area contributed by atoms with Crippen molar-refractivity contribution in [2.75, 3.05) is 13.1 Å². The third-order valence-corrected chi connectivity index (χ3v) is 3.99. The standard InChI is InChI=1S/C9H9F3N2O2S/c10-6-3-8(11)7(9(12)4-6)5-14-2-1-13-17(14,15)16/h3-4,13H,1-2,5H2. The Morgan fingerprint density at radius 2 is 1.82 bits per heavy atom. The molecule has 1 aliphatic rings. The Morgan fingerprint density at radius 1 is 1.24 bits per heavy atom. The lowest BCUT2D eigenvalue weighted by molar-refractivity contribution is 0.419. The SMILES string of the molecule is O=S1(=O)NCCN1Cc1c(F)cc(F)cc1F. The molecule has 4 nitrogen and oxygen atoms in total. The Bertz CT molecular complexity index is 524. The fourth-order valence-corrected chi connectivity index (χ4v) is 2.74. The van der Waals surface area contributed by atoms with Gasteiger partial charge in [0, 0.05) is 37.3 Å². The van der Waals surface area contributed by atoms with E-state index in [2.05, 4.69) is 4.72 Å². The minimum absolute atomic E-state index is 0.124. The molecule has 0 radical (unpaired) electrons. The lowest BCUT2D eigenvalue weighted by atomic mass is 10.2. The molecule has 1 N–H and O–H groups in total. The zero-order chi connectivity index (χ0) is 12.6. The van der Waals surface area contributed by atoms with Crippen LogP contribution in [0.3, 0.4) is 0 Å². The molecule has 1 fully saturated rings. The van der Waals surface area contributed by atoms with Gasteiger partial charge in [0.25, 0.3) is 10.2 Å². The van der Waals surface area contributed by atoms with Gasteiger partial charge in [-0.15, -0.1) is 0 Å². The van der Waals surface area contributed by atoms with Crippen LogP contribution in [-0.4, -0.2) is 25.8 Å². The Morgan fingerprint density at radius 3 is 2.29 bits per heavy atom. The van der Waals surface area contributed by atoms with Gasteiger partial charge < -0.3 is 0 Å². The van der Waals surface area contributed by atoms with Gasteiger partial charge in [-0.05, 0) is 0 Å². The minimum atomic E-state index is -3.67. The Kier molecular flexibility index (Phi) is 3.11. The van der Waals surface area contributed by atoms with Crippen LogP contribution in [0, 0.1) is 17.5 Å². The van der Waals surface area contributed by atoms with Crippen molar-refractivity contribution in [1.82, 2.24) is 9.03 Å². The topological polar surface area (TPSA) is 49.4 Å². The van der Waals surface area contributed by atoms with Crippen molar-refractivity contribution in [3.05, 3.63) is 35.1 Å². The van der Waals surface area contributed by atoms with Crippen LogP contribution >= 0.6 is 0 Å². The predicted molar refractivity (Wildman–Crippen MR) is 53.6 cm³/mol. The highest BCUT2D eigenvalue weighted by Gasteiger charge is 2.29. The lowest BCUT2D eigenvalue weighted by Crippen LogP contribution is -2.29. The predicted octanol–water partition coefficient (Wildman–Crippen LogP) is 0.754.